The number of ether oxygens (including phenoxy) is 1. The molecular formula is C14H16O4. The Bertz CT molecular complexity index is 517. The summed E-state index contributed by atoms with van der Waals surface area (Å²) in [6.45, 7) is 3.85. The number of fused-ring (bicyclic) bond motifs is 1. The Balaban J connectivity index is 2.36. The average Bonchev–Trinajstić information content (AvgIpc) is 2.32. The van der Waals surface area contributed by atoms with Gasteiger partial charge < -0.3 is 9.84 Å². The van der Waals surface area contributed by atoms with Crippen LogP contribution in [0.25, 0.3) is 0 Å². The van der Waals surface area contributed by atoms with Gasteiger partial charge in [0.1, 0.15) is 5.75 Å². The molecule has 0 aromatic heterocycles. The maximum atomic E-state index is 11.3. The van der Waals surface area contributed by atoms with Gasteiger partial charge in [0.15, 0.2) is 0 Å². The number of carboxylic acids is 1. The van der Waals surface area contributed by atoms with Crippen LogP contribution in [-0.4, -0.2) is 17.0 Å². The highest BCUT2D eigenvalue weighted by Gasteiger charge is 2.21. The number of benzene rings is 1. The van der Waals surface area contributed by atoms with Crippen molar-refractivity contribution in [2.75, 3.05) is 0 Å². The average molecular weight is 248 g/mol. The molecule has 0 spiro atoms. The summed E-state index contributed by atoms with van der Waals surface area (Å²) >= 11 is 0. The van der Waals surface area contributed by atoms with E-state index in [1.54, 1.807) is 0 Å². The second kappa shape index (κ2) is 4.80. The van der Waals surface area contributed by atoms with Crippen LogP contribution in [0.5, 0.6) is 5.75 Å². The lowest BCUT2D eigenvalue weighted by molar-refractivity contribution is -0.137. The van der Waals surface area contributed by atoms with Gasteiger partial charge in [-0.15, -0.1) is 0 Å². The second-order valence-corrected chi connectivity index (χ2v) is 4.64. The number of carboxylic acid groups (broad SMARTS) is 1. The van der Waals surface area contributed by atoms with Crippen molar-refractivity contribution in [3.63, 3.8) is 0 Å². The Morgan fingerprint density at radius 2 is 2.06 bits per heavy atom. The molecule has 0 unspecified atom stereocenters. The van der Waals surface area contributed by atoms with Gasteiger partial charge in [-0.25, -0.2) is 0 Å². The van der Waals surface area contributed by atoms with Gasteiger partial charge in [-0.3, -0.25) is 9.59 Å². The summed E-state index contributed by atoms with van der Waals surface area (Å²) in [7, 11) is 0. The van der Waals surface area contributed by atoms with Crippen molar-refractivity contribution in [3.8, 4) is 5.75 Å². The molecule has 0 radical (unpaired) electrons. The first-order valence-electron chi connectivity index (χ1n) is 6.03. The molecule has 1 aliphatic heterocycles. The first kappa shape index (κ1) is 12.6. The van der Waals surface area contributed by atoms with Crippen LogP contribution in [0.1, 0.15) is 35.1 Å². The lowest BCUT2D eigenvalue weighted by atomic mass is 9.92. The Morgan fingerprint density at radius 3 is 2.72 bits per heavy atom. The zero-order chi connectivity index (χ0) is 13.3. The van der Waals surface area contributed by atoms with Crippen LogP contribution in [0.15, 0.2) is 6.07 Å². The third-order valence-corrected chi connectivity index (χ3v) is 3.45. The van der Waals surface area contributed by atoms with E-state index < -0.39 is 5.97 Å². The number of hydrogen-bond acceptors (Lipinski definition) is 3. The van der Waals surface area contributed by atoms with Crippen molar-refractivity contribution >= 4 is 11.9 Å². The number of aliphatic carboxylic acids is 1. The molecule has 1 aromatic rings. The molecule has 0 bridgehead atoms. The number of rotatable bonds is 3. The Labute approximate surface area is 106 Å². The Hall–Kier alpha value is -1.84. The fraction of sp³-hybridized carbons (Fsp3) is 0.429. The summed E-state index contributed by atoms with van der Waals surface area (Å²) in [5.41, 5.74) is 4.01. The van der Waals surface area contributed by atoms with Crippen molar-refractivity contribution in [1.82, 2.24) is 0 Å². The van der Waals surface area contributed by atoms with Crippen LogP contribution in [0.2, 0.25) is 0 Å². The number of esters is 1. The van der Waals surface area contributed by atoms with Gasteiger partial charge in [0.05, 0.1) is 6.42 Å². The second-order valence-electron chi connectivity index (χ2n) is 4.64. The Kier molecular flexibility index (Phi) is 3.36. The highest BCUT2D eigenvalue weighted by atomic mass is 16.5. The molecule has 2 rings (SSSR count). The van der Waals surface area contributed by atoms with Crippen molar-refractivity contribution in [1.29, 1.82) is 0 Å². The molecule has 18 heavy (non-hydrogen) atoms. The maximum Gasteiger partial charge on any atom is 0.311 e. The van der Waals surface area contributed by atoms with Gasteiger partial charge in [-0.1, -0.05) is 6.07 Å². The molecule has 0 atom stereocenters. The van der Waals surface area contributed by atoms with Crippen LogP contribution >= 0.6 is 0 Å². The fourth-order valence-corrected chi connectivity index (χ4v) is 2.27. The minimum atomic E-state index is -0.795. The zero-order valence-electron chi connectivity index (χ0n) is 10.6. The van der Waals surface area contributed by atoms with Crippen LogP contribution in [0.4, 0.5) is 0 Å². The summed E-state index contributed by atoms with van der Waals surface area (Å²) < 4.78 is 5.27. The summed E-state index contributed by atoms with van der Waals surface area (Å²) in [6, 6.07) is 1.98. The smallest absolute Gasteiger partial charge is 0.311 e. The first-order chi connectivity index (χ1) is 8.49. The van der Waals surface area contributed by atoms with Gasteiger partial charge in [-0.05, 0) is 48.9 Å². The minimum Gasteiger partial charge on any atom is -0.481 e. The van der Waals surface area contributed by atoms with Gasteiger partial charge in [-0.2, -0.15) is 0 Å². The van der Waals surface area contributed by atoms with Crippen molar-refractivity contribution in [3.05, 3.63) is 28.3 Å². The number of hydrogen-bond donors (Lipinski definition) is 1. The SMILES string of the molecule is Cc1c(CCC(=O)O)cc2c(c1C)OC(=O)CC2. The molecule has 4 nitrogen and oxygen atoms in total. The van der Waals surface area contributed by atoms with Gasteiger partial charge in [0.25, 0.3) is 0 Å². The van der Waals surface area contributed by atoms with Crippen molar-refractivity contribution < 1.29 is 19.4 Å². The van der Waals surface area contributed by atoms with Crippen molar-refractivity contribution in [2.45, 2.75) is 39.5 Å². The van der Waals surface area contributed by atoms with Crippen LogP contribution in [0, 0.1) is 13.8 Å². The normalized spacial score (nSPS) is 14.0. The molecule has 0 amide bonds. The third-order valence-electron chi connectivity index (χ3n) is 3.45. The van der Waals surface area contributed by atoms with E-state index in [4.69, 9.17) is 9.84 Å². The van der Waals surface area contributed by atoms with E-state index in [1.807, 2.05) is 19.9 Å². The minimum absolute atomic E-state index is 0.124. The summed E-state index contributed by atoms with van der Waals surface area (Å²) in [5.74, 6) is -0.317. The monoisotopic (exact) mass is 248 g/mol. The number of aryl methyl sites for hydroxylation is 2. The standard InChI is InChI=1S/C14H16O4/c1-8-9(2)14-11(4-6-13(17)18-14)7-10(8)3-5-12(15)16/h7H,3-6H2,1-2H3,(H,15,16). The lowest BCUT2D eigenvalue weighted by Gasteiger charge is -2.21. The highest BCUT2D eigenvalue weighted by Crippen LogP contribution is 2.33. The summed E-state index contributed by atoms with van der Waals surface area (Å²) in [4.78, 5) is 21.9. The molecule has 4 heteroatoms. The predicted octanol–water partition coefficient (Wildman–Crippen LogP) is 2.17. The van der Waals surface area contributed by atoms with E-state index in [-0.39, 0.29) is 12.4 Å². The highest BCUT2D eigenvalue weighted by molar-refractivity contribution is 5.76. The van der Waals surface area contributed by atoms with E-state index in [9.17, 15) is 9.59 Å². The maximum absolute atomic E-state index is 11.3. The molecule has 0 aliphatic carbocycles. The largest absolute Gasteiger partial charge is 0.481 e. The quantitative estimate of drug-likeness (QED) is 0.657. The molecule has 1 N–H and O–H groups in total. The predicted molar refractivity (Wildman–Crippen MR) is 65.8 cm³/mol. The van der Waals surface area contributed by atoms with Gasteiger partial charge in [0.2, 0.25) is 0 Å². The molecular weight excluding hydrogens is 232 g/mol. The fourth-order valence-electron chi connectivity index (χ4n) is 2.27. The van der Waals surface area contributed by atoms with Crippen LogP contribution in [-0.2, 0) is 22.4 Å². The van der Waals surface area contributed by atoms with Crippen LogP contribution < -0.4 is 4.74 Å². The van der Waals surface area contributed by atoms with E-state index in [0.717, 1.165) is 22.3 Å². The van der Waals surface area contributed by atoms with Gasteiger partial charge >= 0.3 is 11.9 Å². The molecule has 1 aromatic carbocycles. The molecule has 0 saturated carbocycles. The van der Waals surface area contributed by atoms with Crippen LogP contribution in [0.3, 0.4) is 0 Å². The number of carbonyl (C=O) groups is 2. The lowest BCUT2D eigenvalue weighted by Crippen LogP contribution is -2.18. The van der Waals surface area contributed by atoms with E-state index >= 15 is 0 Å². The number of carbonyl (C=O) groups excluding carboxylic acids is 1. The molecule has 0 saturated heterocycles. The van der Waals surface area contributed by atoms with E-state index in [0.29, 0.717) is 25.0 Å². The topological polar surface area (TPSA) is 63.6 Å². The summed E-state index contributed by atoms with van der Waals surface area (Å²) in [5, 5.41) is 8.74. The van der Waals surface area contributed by atoms with E-state index in [2.05, 4.69) is 0 Å². The summed E-state index contributed by atoms with van der Waals surface area (Å²) in [6.07, 6.45) is 1.71. The zero-order valence-corrected chi connectivity index (χ0v) is 10.6. The molecule has 1 heterocycles. The van der Waals surface area contributed by atoms with Gasteiger partial charge in [0, 0.05) is 6.42 Å². The Morgan fingerprint density at radius 1 is 1.33 bits per heavy atom. The molecule has 0 fully saturated rings. The third kappa shape index (κ3) is 2.37. The first-order valence-corrected chi connectivity index (χ1v) is 6.03. The van der Waals surface area contributed by atoms with E-state index in [1.165, 1.54) is 0 Å². The molecule has 1 aliphatic rings. The molecule has 96 valence electrons. The van der Waals surface area contributed by atoms with Crippen molar-refractivity contribution in [2.24, 2.45) is 0 Å².